The summed E-state index contributed by atoms with van der Waals surface area (Å²) in [5.74, 6) is 4.89. The molecule has 0 atom stereocenters. The number of nitrogen functional groups attached to an aromatic ring is 1. The number of amides is 1. The minimum absolute atomic E-state index is 0.0601. The van der Waals surface area contributed by atoms with E-state index in [2.05, 4.69) is 15.7 Å². The van der Waals surface area contributed by atoms with Crippen molar-refractivity contribution in [3.63, 3.8) is 0 Å². The summed E-state index contributed by atoms with van der Waals surface area (Å²) in [7, 11) is -3.09. The van der Waals surface area contributed by atoms with E-state index < -0.39 is 15.7 Å². The number of rotatable bonds is 6. The first-order valence-corrected chi connectivity index (χ1v) is 7.63. The van der Waals surface area contributed by atoms with Crippen molar-refractivity contribution in [2.45, 2.75) is 13.8 Å². The monoisotopic (exact) mass is 286 g/mol. The zero-order valence-electron chi connectivity index (χ0n) is 10.9. The van der Waals surface area contributed by atoms with E-state index in [9.17, 15) is 13.2 Å². The van der Waals surface area contributed by atoms with Crippen molar-refractivity contribution in [1.82, 2.24) is 10.3 Å². The smallest absolute Gasteiger partial charge is 0.255 e. The number of nitrogens with zero attached hydrogens (tertiary/aromatic N) is 1. The zero-order chi connectivity index (χ0) is 14.5. The van der Waals surface area contributed by atoms with Crippen molar-refractivity contribution in [2.75, 3.05) is 23.5 Å². The number of aryl methyl sites for hydroxylation is 1. The lowest BCUT2D eigenvalue weighted by molar-refractivity contribution is 0.0956. The lowest BCUT2D eigenvalue weighted by Gasteiger charge is -2.09. The minimum Gasteiger partial charge on any atom is -0.351 e. The van der Waals surface area contributed by atoms with E-state index in [1.807, 2.05) is 0 Å². The SMILES string of the molecule is CCS(=O)(=O)CCNC(=O)c1cnc(C)cc1NN. The van der Waals surface area contributed by atoms with Crippen molar-refractivity contribution >= 4 is 21.4 Å². The molecular weight excluding hydrogens is 268 g/mol. The summed E-state index contributed by atoms with van der Waals surface area (Å²) in [6, 6.07) is 1.64. The van der Waals surface area contributed by atoms with Gasteiger partial charge in [0.15, 0.2) is 9.84 Å². The Hall–Kier alpha value is -1.67. The summed E-state index contributed by atoms with van der Waals surface area (Å²) in [5, 5.41) is 2.53. The zero-order valence-corrected chi connectivity index (χ0v) is 11.8. The van der Waals surface area contributed by atoms with Crippen LogP contribution in [0.1, 0.15) is 23.0 Å². The fourth-order valence-corrected chi connectivity index (χ4v) is 2.12. The molecule has 0 radical (unpaired) electrons. The maximum Gasteiger partial charge on any atom is 0.255 e. The topological polar surface area (TPSA) is 114 Å². The number of carbonyl (C=O) groups excluding carboxylic acids is 1. The molecule has 1 rings (SSSR count). The third kappa shape index (κ3) is 4.49. The Balaban J connectivity index is 2.69. The predicted molar refractivity (Wildman–Crippen MR) is 73.4 cm³/mol. The molecule has 0 spiro atoms. The molecule has 1 amide bonds. The molecule has 1 heterocycles. The minimum atomic E-state index is -3.09. The van der Waals surface area contributed by atoms with E-state index in [-0.39, 0.29) is 23.6 Å². The van der Waals surface area contributed by atoms with Gasteiger partial charge in [0.05, 0.1) is 17.0 Å². The van der Waals surface area contributed by atoms with Crippen molar-refractivity contribution in [2.24, 2.45) is 5.84 Å². The molecule has 1 aromatic rings. The second kappa shape index (κ2) is 6.48. The first-order valence-electron chi connectivity index (χ1n) is 5.81. The third-order valence-electron chi connectivity index (χ3n) is 2.58. The lowest BCUT2D eigenvalue weighted by atomic mass is 10.2. The molecule has 0 aliphatic heterocycles. The molecule has 1 aromatic heterocycles. The number of carbonyl (C=O) groups is 1. The Morgan fingerprint density at radius 2 is 2.16 bits per heavy atom. The Kier molecular flexibility index (Phi) is 5.25. The van der Waals surface area contributed by atoms with E-state index in [0.29, 0.717) is 5.69 Å². The Morgan fingerprint density at radius 1 is 1.47 bits per heavy atom. The van der Waals surface area contributed by atoms with Gasteiger partial charge in [-0.15, -0.1) is 0 Å². The number of sulfone groups is 1. The number of nitrogens with one attached hydrogen (secondary N) is 2. The standard InChI is InChI=1S/C11H18N4O3S/c1-3-19(17,18)5-4-13-11(16)9-7-14-8(2)6-10(9)15-12/h6-7H,3-5,12H2,1-2H3,(H,13,16)(H,14,15). The summed E-state index contributed by atoms with van der Waals surface area (Å²) >= 11 is 0. The normalized spacial score (nSPS) is 11.1. The summed E-state index contributed by atoms with van der Waals surface area (Å²) in [6.45, 7) is 3.40. The van der Waals surface area contributed by atoms with Gasteiger partial charge in [0.2, 0.25) is 0 Å². The highest BCUT2D eigenvalue weighted by Crippen LogP contribution is 2.13. The van der Waals surface area contributed by atoms with E-state index in [0.717, 1.165) is 5.69 Å². The number of hydrogen-bond acceptors (Lipinski definition) is 6. The number of nitrogens with two attached hydrogens (primary N) is 1. The van der Waals surface area contributed by atoms with Crippen LogP contribution in [0.25, 0.3) is 0 Å². The van der Waals surface area contributed by atoms with Crippen LogP contribution >= 0.6 is 0 Å². The van der Waals surface area contributed by atoms with Crippen molar-refractivity contribution in [1.29, 1.82) is 0 Å². The fraction of sp³-hybridized carbons (Fsp3) is 0.455. The average Bonchev–Trinajstić information content (AvgIpc) is 2.38. The lowest BCUT2D eigenvalue weighted by Crippen LogP contribution is -2.30. The van der Waals surface area contributed by atoms with Crippen molar-refractivity contribution in [3.8, 4) is 0 Å². The molecule has 0 aliphatic carbocycles. The van der Waals surface area contributed by atoms with Gasteiger partial charge in [0, 0.05) is 24.2 Å². The molecular formula is C11H18N4O3S. The van der Waals surface area contributed by atoms with Gasteiger partial charge in [-0.05, 0) is 13.0 Å². The second-order valence-electron chi connectivity index (χ2n) is 4.01. The number of hydrogen-bond donors (Lipinski definition) is 3. The van der Waals surface area contributed by atoms with Gasteiger partial charge < -0.3 is 10.7 Å². The summed E-state index contributed by atoms with van der Waals surface area (Å²) < 4.78 is 22.6. The molecule has 7 nitrogen and oxygen atoms in total. The number of anilines is 1. The Bertz CT molecular complexity index is 557. The molecule has 4 N–H and O–H groups in total. The molecule has 0 saturated carbocycles. The molecule has 8 heteroatoms. The Labute approximate surface area is 112 Å². The van der Waals surface area contributed by atoms with Crippen LogP contribution in [-0.2, 0) is 9.84 Å². The molecule has 0 bridgehead atoms. The maximum absolute atomic E-state index is 11.9. The summed E-state index contributed by atoms with van der Waals surface area (Å²) in [6.07, 6.45) is 1.40. The molecule has 0 fully saturated rings. The molecule has 0 aromatic carbocycles. The highest BCUT2D eigenvalue weighted by molar-refractivity contribution is 7.91. The van der Waals surface area contributed by atoms with Crippen LogP contribution in [0.15, 0.2) is 12.3 Å². The van der Waals surface area contributed by atoms with Gasteiger partial charge in [0.1, 0.15) is 0 Å². The predicted octanol–water partition coefficient (Wildman–Crippen LogP) is -0.160. The van der Waals surface area contributed by atoms with Crippen molar-refractivity contribution in [3.05, 3.63) is 23.5 Å². The number of hydrazine groups is 1. The van der Waals surface area contributed by atoms with Gasteiger partial charge >= 0.3 is 0 Å². The molecule has 106 valence electrons. The maximum atomic E-state index is 11.9. The van der Waals surface area contributed by atoms with Crippen LogP contribution in [0.5, 0.6) is 0 Å². The van der Waals surface area contributed by atoms with Crippen LogP contribution < -0.4 is 16.6 Å². The van der Waals surface area contributed by atoms with E-state index in [4.69, 9.17) is 5.84 Å². The highest BCUT2D eigenvalue weighted by Gasteiger charge is 2.13. The van der Waals surface area contributed by atoms with E-state index in [1.54, 1.807) is 19.9 Å². The van der Waals surface area contributed by atoms with Gasteiger partial charge in [-0.1, -0.05) is 6.92 Å². The molecule has 19 heavy (non-hydrogen) atoms. The number of aromatic nitrogens is 1. The average molecular weight is 286 g/mol. The fourth-order valence-electron chi connectivity index (χ4n) is 1.42. The van der Waals surface area contributed by atoms with Gasteiger partial charge in [-0.2, -0.15) is 0 Å². The van der Waals surface area contributed by atoms with Crippen LogP contribution in [0, 0.1) is 6.92 Å². The van der Waals surface area contributed by atoms with Crippen LogP contribution in [-0.4, -0.2) is 37.4 Å². The molecule has 0 aliphatic rings. The van der Waals surface area contributed by atoms with Crippen LogP contribution in [0.3, 0.4) is 0 Å². The largest absolute Gasteiger partial charge is 0.351 e. The molecule has 0 unspecified atom stereocenters. The first kappa shape index (κ1) is 15.4. The third-order valence-corrected chi connectivity index (χ3v) is 4.29. The second-order valence-corrected chi connectivity index (χ2v) is 6.48. The van der Waals surface area contributed by atoms with E-state index >= 15 is 0 Å². The Morgan fingerprint density at radius 3 is 2.74 bits per heavy atom. The van der Waals surface area contributed by atoms with Gasteiger partial charge in [-0.25, -0.2) is 8.42 Å². The quantitative estimate of drug-likeness (QED) is 0.494. The van der Waals surface area contributed by atoms with Crippen LogP contribution in [0.2, 0.25) is 0 Å². The van der Waals surface area contributed by atoms with Crippen molar-refractivity contribution < 1.29 is 13.2 Å². The molecule has 0 saturated heterocycles. The summed E-state index contributed by atoms with van der Waals surface area (Å²) in [5.41, 5.74) is 3.86. The van der Waals surface area contributed by atoms with Gasteiger partial charge in [-0.3, -0.25) is 15.6 Å². The van der Waals surface area contributed by atoms with Crippen LogP contribution in [0.4, 0.5) is 5.69 Å². The van der Waals surface area contributed by atoms with Gasteiger partial charge in [0.25, 0.3) is 5.91 Å². The van der Waals surface area contributed by atoms with E-state index in [1.165, 1.54) is 6.20 Å². The number of pyridine rings is 1. The highest BCUT2D eigenvalue weighted by atomic mass is 32.2. The first-order chi connectivity index (χ1) is 8.89. The summed E-state index contributed by atoms with van der Waals surface area (Å²) in [4.78, 5) is 15.9.